The molecule has 11 nitrogen and oxygen atoms in total. The van der Waals surface area contributed by atoms with E-state index in [4.69, 9.17) is 16.3 Å². The lowest BCUT2D eigenvalue weighted by atomic mass is 10.0. The lowest BCUT2D eigenvalue weighted by Crippen LogP contribution is -2.31. The summed E-state index contributed by atoms with van der Waals surface area (Å²) in [4.78, 5) is 39.5. The molecule has 1 N–H and O–H groups in total. The molecule has 0 aliphatic carbocycles. The van der Waals surface area contributed by atoms with Crippen molar-refractivity contribution in [3.8, 4) is 16.8 Å². The van der Waals surface area contributed by atoms with Gasteiger partial charge in [0.05, 0.1) is 5.69 Å². The van der Waals surface area contributed by atoms with Gasteiger partial charge in [-0.3, -0.25) is 9.59 Å². The minimum atomic E-state index is -0.663. The van der Waals surface area contributed by atoms with E-state index in [0.29, 0.717) is 46.1 Å². The van der Waals surface area contributed by atoms with Gasteiger partial charge in [-0.15, -0.1) is 5.10 Å². The molecule has 214 valence electrons. The Kier molecular flexibility index (Phi) is 6.69. The molecular weight excluding hydrogens is 558 g/mol. The molecule has 0 radical (unpaired) electrons. The van der Waals surface area contributed by atoms with Gasteiger partial charge in [0.1, 0.15) is 23.7 Å². The van der Waals surface area contributed by atoms with Crippen LogP contribution in [-0.4, -0.2) is 46.8 Å². The molecule has 1 atom stereocenters. The van der Waals surface area contributed by atoms with Crippen LogP contribution in [0.15, 0.2) is 65.7 Å². The second kappa shape index (κ2) is 10.3. The second-order valence-electron chi connectivity index (χ2n) is 11.3. The number of esters is 1. The number of nitrogens with one attached hydrogen (secondary N) is 1. The zero-order valence-electron chi connectivity index (χ0n) is 23.5. The number of nitrogens with zero attached hydrogens (tertiary/aromatic N) is 6. The van der Waals surface area contributed by atoms with Gasteiger partial charge in [0, 0.05) is 46.0 Å². The lowest BCUT2D eigenvalue weighted by molar-refractivity contribution is -0.119. The summed E-state index contributed by atoms with van der Waals surface area (Å²) in [5, 5.41) is 15.6. The average molecular weight is 586 g/mol. The topological polar surface area (TPSA) is 126 Å². The minimum Gasteiger partial charge on any atom is -0.455 e. The Morgan fingerprint density at radius 2 is 1.88 bits per heavy atom. The number of benzene rings is 2. The largest absolute Gasteiger partial charge is 0.455 e. The lowest BCUT2D eigenvalue weighted by Gasteiger charge is -2.19. The number of ether oxygens (including phenoxy) is 1. The first-order chi connectivity index (χ1) is 20.0. The summed E-state index contributed by atoms with van der Waals surface area (Å²) < 4.78 is 10.3. The van der Waals surface area contributed by atoms with Crippen LogP contribution < -0.4 is 10.9 Å². The highest BCUT2D eigenvalue weighted by atomic mass is 35.5. The molecular formula is C30H28ClN7O4. The molecule has 1 aliphatic heterocycles. The number of amides is 1. The molecule has 0 bridgehead atoms. The van der Waals surface area contributed by atoms with Crippen molar-refractivity contribution in [2.24, 2.45) is 7.05 Å². The van der Waals surface area contributed by atoms with Crippen molar-refractivity contribution < 1.29 is 14.3 Å². The molecule has 6 rings (SSSR count). The number of carbonyl (C=O) groups excluding carboxylic acids is 2. The number of pyridine rings is 1. The Labute approximate surface area is 245 Å². The first-order valence-corrected chi connectivity index (χ1v) is 13.8. The van der Waals surface area contributed by atoms with Crippen LogP contribution in [0.3, 0.4) is 0 Å². The van der Waals surface area contributed by atoms with E-state index in [1.54, 1.807) is 46.5 Å². The molecule has 2 aromatic carbocycles. The molecule has 1 unspecified atom stereocenters. The molecule has 0 saturated heterocycles. The number of hydrogen-bond donors (Lipinski definition) is 1. The molecule has 42 heavy (non-hydrogen) atoms. The Balaban J connectivity index is 1.27. The second-order valence-corrected chi connectivity index (χ2v) is 11.7. The number of hydrogen-bond acceptors (Lipinski definition) is 7. The van der Waals surface area contributed by atoms with Crippen LogP contribution in [0.1, 0.15) is 49.4 Å². The van der Waals surface area contributed by atoms with E-state index in [1.807, 2.05) is 39.0 Å². The number of fused-ring (bicyclic) bond motifs is 2. The van der Waals surface area contributed by atoms with Crippen molar-refractivity contribution in [3.63, 3.8) is 0 Å². The number of rotatable bonds is 5. The van der Waals surface area contributed by atoms with E-state index in [9.17, 15) is 14.4 Å². The fraction of sp³-hybridized carbons (Fsp3) is 0.267. The molecule has 12 heteroatoms. The van der Waals surface area contributed by atoms with Crippen LogP contribution in [0.4, 0.5) is 5.69 Å². The summed E-state index contributed by atoms with van der Waals surface area (Å²) in [7, 11) is 1.80. The molecule has 0 fully saturated rings. The number of aromatic nitrogens is 6. The molecule has 0 spiro atoms. The van der Waals surface area contributed by atoms with Crippen LogP contribution >= 0.6 is 11.6 Å². The number of aryl methyl sites for hydroxylation is 2. The third-order valence-electron chi connectivity index (χ3n) is 7.22. The van der Waals surface area contributed by atoms with Crippen molar-refractivity contribution in [2.45, 2.75) is 45.3 Å². The van der Waals surface area contributed by atoms with E-state index in [0.717, 1.165) is 16.6 Å². The number of carbonyl (C=O) groups is 2. The zero-order valence-corrected chi connectivity index (χ0v) is 24.2. The Bertz CT molecular complexity index is 1920. The van der Waals surface area contributed by atoms with Gasteiger partial charge in [-0.2, -0.15) is 4.68 Å². The van der Waals surface area contributed by atoms with Gasteiger partial charge < -0.3 is 19.2 Å². The van der Waals surface area contributed by atoms with E-state index in [2.05, 4.69) is 20.8 Å². The first kappa shape index (κ1) is 27.4. The van der Waals surface area contributed by atoms with E-state index >= 15 is 0 Å². The van der Waals surface area contributed by atoms with Gasteiger partial charge in [0.2, 0.25) is 5.91 Å². The number of tetrazole rings is 1. The van der Waals surface area contributed by atoms with Crippen LogP contribution in [0.2, 0.25) is 5.02 Å². The van der Waals surface area contributed by atoms with Gasteiger partial charge in [-0.1, -0.05) is 11.6 Å². The Hall–Kier alpha value is -4.77. The smallest absolute Gasteiger partial charge is 0.355 e. The van der Waals surface area contributed by atoms with Crippen LogP contribution in [-0.2, 0) is 23.0 Å². The minimum absolute atomic E-state index is 0.289. The molecule has 4 heterocycles. The van der Waals surface area contributed by atoms with Gasteiger partial charge in [0.25, 0.3) is 5.56 Å². The maximum Gasteiger partial charge on any atom is 0.355 e. The summed E-state index contributed by atoms with van der Waals surface area (Å²) in [6, 6.07) is 15.2. The summed E-state index contributed by atoms with van der Waals surface area (Å²) in [6.45, 7) is 5.46. The fourth-order valence-electron chi connectivity index (χ4n) is 5.39. The van der Waals surface area contributed by atoms with Gasteiger partial charge in [-0.25, -0.2) is 4.79 Å². The van der Waals surface area contributed by atoms with Gasteiger partial charge >= 0.3 is 5.97 Å². The third kappa shape index (κ3) is 5.07. The van der Waals surface area contributed by atoms with E-state index in [-0.39, 0.29) is 11.5 Å². The standard InChI is InChI=1S/C30H28ClN7O4/c1-30(2,3)42-29(41)26-13-18-11-20(6-9-23(18)36(26)4)33-28(40)25-10-7-21-12-17(14-27(39)38(21)25)22-15-19(31)5-8-24(22)37-16-32-34-35-37/h5-6,8-9,11-16,25H,7,10H2,1-4H3,(H,33,40). The predicted octanol–water partition coefficient (Wildman–Crippen LogP) is 4.72. The molecule has 3 aromatic heterocycles. The molecule has 1 amide bonds. The van der Waals surface area contributed by atoms with Crippen LogP contribution in [0.5, 0.6) is 0 Å². The van der Waals surface area contributed by atoms with Crippen molar-refractivity contribution in [2.75, 3.05) is 5.32 Å². The normalized spacial score (nSPS) is 14.6. The van der Waals surface area contributed by atoms with Gasteiger partial charge in [-0.05, 0) is 98.1 Å². The zero-order chi connectivity index (χ0) is 29.8. The third-order valence-corrected chi connectivity index (χ3v) is 7.45. The highest BCUT2D eigenvalue weighted by molar-refractivity contribution is 6.31. The first-order valence-electron chi connectivity index (χ1n) is 13.4. The summed E-state index contributed by atoms with van der Waals surface area (Å²) in [5.41, 5.74) is 3.69. The van der Waals surface area contributed by atoms with Crippen LogP contribution in [0, 0.1) is 0 Å². The number of halogens is 1. The summed E-state index contributed by atoms with van der Waals surface area (Å²) >= 11 is 6.29. The Morgan fingerprint density at radius 3 is 2.62 bits per heavy atom. The Morgan fingerprint density at radius 1 is 1.07 bits per heavy atom. The highest BCUT2D eigenvalue weighted by Gasteiger charge is 2.30. The summed E-state index contributed by atoms with van der Waals surface area (Å²) in [6.07, 6.45) is 2.51. The number of anilines is 1. The molecule has 1 aliphatic rings. The van der Waals surface area contributed by atoms with Crippen molar-refractivity contribution >= 4 is 40.1 Å². The highest BCUT2D eigenvalue weighted by Crippen LogP contribution is 2.33. The maximum atomic E-state index is 13.4. The van der Waals surface area contributed by atoms with Crippen molar-refractivity contribution in [1.29, 1.82) is 0 Å². The van der Waals surface area contributed by atoms with Crippen molar-refractivity contribution in [1.82, 2.24) is 29.3 Å². The average Bonchev–Trinajstić information content (AvgIpc) is 3.67. The summed E-state index contributed by atoms with van der Waals surface area (Å²) in [5.74, 6) is -0.709. The quantitative estimate of drug-likeness (QED) is 0.296. The predicted molar refractivity (Wildman–Crippen MR) is 158 cm³/mol. The molecule has 0 saturated carbocycles. The van der Waals surface area contributed by atoms with E-state index in [1.165, 1.54) is 17.1 Å². The van der Waals surface area contributed by atoms with Crippen LogP contribution in [0.25, 0.3) is 27.7 Å². The fourth-order valence-corrected chi connectivity index (χ4v) is 5.56. The van der Waals surface area contributed by atoms with Gasteiger partial charge in [0.15, 0.2) is 0 Å². The van der Waals surface area contributed by atoms with E-state index < -0.39 is 17.6 Å². The SMILES string of the molecule is Cn1c(C(=O)OC(C)(C)C)cc2cc(NC(=O)C3CCc4cc(-c5cc(Cl)ccc5-n5cnnn5)cc(=O)n43)ccc21. The van der Waals surface area contributed by atoms with Crippen molar-refractivity contribution in [3.05, 3.63) is 87.7 Å². The molecule has 5 aromatic rings. The maximum absolute atomic E-state index is 13.4. The monoisotopic (exact) mass is 585 g/mol.